The average molecular weight is 454 g/mol. The number of rotatable bonds is 7. The van der Waals surface area contributed by atoms with Gasteiger partial charge in [0.25, 0.3) is 5.91 Å². The largest absolute Gasteiger partial charge is 0.477 e. The van der Waals surface area contributed by atoms with E-state index in [1.54, 1.807) is 6.07 Å². The summed E-state index contributed by atoms with van der Waals surface area (Å²) in [5.74, 6) is 0.303. The van der Waals surface area contributed by atoms with E-state index in [4.69, 9.17) is 32.4 Å². The minimum atomic E-state index is -0.303. The lowest BCUT2D eigenvalue weighted by atomic mass is 10.2. The van der Waals surface area contributed by atoms with Crippen LogP contribution in [0.3, 0.4) is 0 Å². The first-order chi connectivity index (χ1) is 14.3. The molecule has 1 aliphatic rings. The summed E-state index contributed by atoms with van der Waals surface area (Å²) < 4.78 is 10.8. The Hall–Kier alpha value is -2.22. The number of hydrogen-bond donors (Lipinski definition) is 1. The molecule has 0 spiro atoms. The minimum Gasteiger partial charge on any atom is -0.477 e. The summed E-state index contributed by atoms with van der Waals surface area (Å²) in [5, 5.41) is 3.79. The third-order valence-corrected chi connectivity index (χ3v) is 5.42. The lowest BCUT2D eigenvalue weighted by Gasteiger charge is -2.35. The smallest absolute Gasteiger partial charge is 0.258 e. The van der Waals surface area contributed by atoms with E-state index in [0.717, 1.165) is 31.9 Å². The summed E-state index contributed by atoms with van der Waals surface area (Å²) in [5.41, 5.74) is 0.738. The molecule has 7 nitrogen and oxygen atoms in total. The van der Waals surface area contributed by atoms with Crippen LogP contribution in [0.5, 0.6) is 5.75 Å². The number of anilines is 1. The minimum absolute atomic E-state index is 0.0111. The monoisotopic (exact) mass is 453 g/mol. The molecule has 1 fully saturated rings. The van der Waals surface area contributed by atoms with Crippen LogP contribution >= 0.6 is 23.2 Å². The van der Waals surface area contributed by atoms with Gasteiger partial charge in [-0.15, -0.1) is 0 Å². The van der Waals surface area contributed by atoms with Gasteiger partial charge in [-0.2, -0.15) is 0 Å². The number of ether oxygens (including phenoxy) is 1. The highest BCUT2D eigenvalue weighted by Gasteiger charge is 2.19. The van der Waals surface area contributed by atoms with Crippen molar-refractivity contribution in [3.05, 3.63) is 56.6 Å². The highest BCUT2D eigenvalue weighted by atomic mass is 35.5. The summed E-state index contributed by atoms with van der Waals surface area (Å²) in [6, 6.07) is 7.07. The van der Waals surface area contributed by atoms with Gasteiger partial charge in [0.05, 0.1) is 16.6 Å². The molecule has 1 saturated heterocycles. The normalized spacial score (nSPS) is 14.8. The van der Waals surface area contributed by atoms with Gasteiger partial charge in [0.2, 0.25) is 11.2 Å². The first-order valence-corrected chi connectivity index (χ1v) is 10.5. The van der Waals surface area contributed by atoms with Crippen LogP contribution in [0.1, 0.15) is 19.6 Å². The van der Waals surface area contributed by atoms with E-state index in [9.17, 15) is 9.59 Å². The van der Waals surface area contributed by atoms with E-state index >= 15 is 0 Å². The Bertz CT molecular complexity index is 940. The number of halogens is 2. The number of amides is 1. The zero-order valence-corrected chi connectivity index (χ0v) is 18.5. The topological polar surface area (TPSA) is 75.0 Å². The Kier molecular flexibility index (Phi) is 7.64. The summed E-state index contributed by atoms with van der Waals surface area (Å²) in [6.07, 6.45) is 1.27. The fourth-order valence-corrected chi connectivity index (χ4v) is 3.49. The fraction of sp³-hybridized carbons (Fsp3) is 0.429. The predicted octanol–water partition coefficient (Wildman–Crippen LogP) is 3.17. The third-order valence-electron chi connectivity index (χ3n) is 4.68. The molecule has 0 aliphatic carbocycles. The van der Waals surface area contributed by atoms with E-state index in [1.165, 1.54) is 12.3 Å². The van der Waals surface area contributed by atoms with Gasteiger partial charge in [0.15, 0.2) is 6.61 Å². The van der Waals surface area contributed by atoms with E-state index in [0.29, 0.717) is 22.4 Å². The maximum absolute atomic E-state index is 12.2. The van der Waals surface area contributed by atoms with Gasteiger partial charge in [-0.1, -0.05) is 23.2 Å². The van der Waals surface area contributed by atoms with E-state index < -0.39 is 0 Å². The molecule has 3 rings (SSSR count). The van der Waals surface area contributed by atoms with Crippen molar-refractivity contribution in [1.29, 1.82) is 0 Å². The second kappa shape index (κ2) is 10.2. The second-order valence-electron chi connectivity index (χ2n) is 7.45. The number of carbonyl (C=O) groups is 1. The van der Waals surface area contributed by atoms with E-state index in [1.807, 2.05) is 26.0 Å². The van der Waals surface area contributed by atoms with Gasteiger partial charge in [-0.05, 0) is 32.0 Å². The van der Waals surface area contributed by atoms with Crippen LogP contribution < -0.4 is 20.4 Å². The van der Waals surface area contributed by atoms with Gasteiger partial charge < -0.3 is 19.4 Å². The molecule has 1 aromatic carbocycles. The molecule has 1 amide bonds. The lowest BCUT2D eigenvalue weighted by Crippen LogP contribution is -2.46. The maximum atomic E-state index is 12.2. The van der Waals surface area contributed by atoms with Gasteiger partial charge in [-0.25, -0.2) is 0 Å². The first kappa shape index (κ1) is 22.5. The van der Waals surface area contributed by atoms with Crippen LogP contribution in [0.2, 0.25) is 10.0 Å². The quantitative estimate of drug-likeness (QED) is 0.693. The lowest BCUT2D eigenvalue weighted by molar-refractivity contribution is -0.123. The zero-order chi connectivity index (χ0) is 21.7. The molecule has 0 saturated carbocycles. The number of nitrogens with one attached hydrogen (secondary N) is 1. The van der Waals surface area contributed by atoms with Crippen molar-refractivity contribution >= 4 is 34.8 Å². The predicted molar refractivity (Wildman–Crippen MR) is 118 cm³/mol. The molecule has 1 aliphatic heterocycles. The number of hydrogen-bond acceptors (Lipinski definition) is 6. The van der Waals surface area contributed by atoms with Gasteiger partial charge in [0.1, 0.15) is 12.0 Å². The van der Waals surface area contributed by atoms with Crippen LogP contribution in [0.15, 0.2) is 39.7 Å². The Morgan fingerprint density at radius 1 is 1.17 bits per heavy atom. The molecule has 9 heteroatoms. The standard InChI is InChI=1S/C21H25Cl2N3O4/c1-14(2)24-21(28)13-30-20-12-29-16(10-19(20)27)11-25-5-7-26(8-6-25)15-3-4-17(22)18(23)9-15/h3-4,9-10,12,14H,5-8,11,13H2,1-2H3,(H,24,28). The molecule has 0 atom stereocenters. The molecule has 2 heterocycles. The Labute approximate surface area is 185 Å². The Morgan fingerprint density at radius 3 is 2.53 bits per heavy atom. The van der Waals surface area contributed by atoms with Crippen molar-refractivity contribution in [2.75, 3.05) is 37.7 Å². The van der Waals surface area contributed by atoms with Gasteiger partial charge in [-0.3, -0.25) is 14.5 Å². The van der Waals surface area contributed by atoms with Crippen LogP contribution in [-0.4, -0.2) is 49.6 Å². The highest BCUT2D eigenvalue weighted by molar-refractivity contribution is 6.42. The molecule has 162 valence electrons. The molecule has 0 radical (unpaired) electrons. The molecular weight excluding hydrogens is 429 g/mol. The number of benzene rings is 1. The third kappa shape index (κ3) is 6.14. The van der Waals surface area contributed by atoms with E-state index in [-0.39, 0.29) is 29.7 Å². The maximum Gasteiger partial charge on any atom is 0.258 e. The van der Waals surface area contributed by atoms with Crippen molar-refractivity contribution in [2.24, 2.45) is 0 Å². The number of piperazine rings is 1. The molecule has 0 bridgehead atoms. The summed E-state index contributed by atoms with van der Waals surface area (Å²) in [6.45, 7) is 7.30. The van der Waals surface area contributed by atoms with Gasteiger partial charge >= 0.3 is 0 Å². The fourth-order valence-electron chi connectivity index (χ4n) is 3.20. The Balaban J connectivity index is 1.51. The SMILES string of the molecule is CC(C)NC(=O)COc1coc(CN2CCN(c3ccc(Cl)c(Cl)c3)CC2)cc1=O. The second-order valence-corrected chi connectivity index (χ2v) is 8.26. The van der Waals surface area contributed by atoms with Crippen LogP contribution in [-0.2, 0) is 11.3 Å². The molecule has 1 aromatic heterocycles. The van der Waals surface area contributed by atoms with Crippen LogP contribution in [0.4, 0.5) is 5.69 Å². The molecular formula is C21H25Cl2N3O4. The van der Waals surface area contributed by atoms with Crippen molar-refractivity contribution in [3.63, 3.8) is 0 Å². The number of nitrogens with zero attached hydrogens (tertiary/aromatic N) is 2. The average Bonchev–Trinajstić information content (AvgIpc) is 2.69. The van der Waals surface area contributed by atoms with Crippen molar-refractivity contribution in [3.8, 4) is 5.75 Å². The summed E-state index contributed by atoms with van der Waals surface area (Å²) in [7, 11) is 0. The molecule has 0 unspecified atom stereocenters. The van der Waals surface area contributed by atoms with E-state index in [2.05, 4.69) is 15.1 Å². The van der Waals surface area contributed by atoms with Crippen LogP contribution in [0.25, 0.3) is 0 Å². The molecule has 30 heavy (non-hydrogen) atoms. The van der Waals surface area contributed by atoms with Crippen molar-refractivity contribution in [2.45, 2.75) is 26.4 Å². The summed E-state index contributed by atoms with van der Waals surface area (Å²) in [4.78, 5) is 28.3. The Morgan fingerprint density at radius 2 is 1.90 bits per heavy atom. The first-order valence-electron chi connectivity index (χ1n) is 9.78. The highest BCUT2D eigenvalue weighted by Crippen LogP contribution is 2.27. The molecule has 2 aromatic rings. The van der Waals surface area contributed by atoms with Crippen molar-refractivity contribution in [1.82, 2.24) is 10.2 Å². The molecule has 1 N–H and O–H groups in total. The zero-order valence-electron chi connectivity index (χ0n) is 17.0. The van der Waals surface area contributed by atoms with Gasteiger partial charge in [0, 0.05) is 44.0 Å². The summed E-state index contributed by atoms with van der Waals surface area (Å²) >= 11 is 12.1. The number of carbonyl (C=O) groups excluding carboxylic acids is 1. The van der Waals surface area contributed by atoms with Crippen molar-refractivity contribution < 1.29 is 13.9 Å². The van der Waals surface area contributed by atoms with Crippen LogP contribution in [0, 0.1) is 0 Å².